The van der Waals surface area contributed by atoms with Gasteiger partial charge in [0.1, 0.15) is 0 Å². The Labute approximate surface area is 109 Å². The average molecular weight is 249 g/mol. The predicted octanol–water partition coefficient (Wildman–Crippen LogP) is 2.77. The highest BCUT2D eigenvalue weighted by Gasteiger charge is 2.13. The van der Waals surface area contributed by atoms with Gasteiger partial charge in [-0.2, -0.15) is 0 Å². The minimum absolute atomic E-state index is 0.114. The predicted molar refractivity (Wildman–Crippen MR) is 73.2 cm³/mol. The van der Waals surface area contributed by atoms with Crippen molar-refractivity contribution in [3.05, 3.63) is 35.4 Å². The molecule has 0 heterocycles. The summed E-state index contributed by atoms with van der Waals surface area (Å²) in [6.07, 6.45) is 2.20. The Bertz CT molecular complexity index is 376. The van der Waals surface area contributed by atoms with E-state index in [1.165, 1.54) is 5.56 Å². The van der Waals surface area contributed by atoms with Crippen molar-refractivity contribution in [1.82, 2.24) is 0 Å². The van der Waals surface area contributed by atoms with Crippen LogP contribution in [0.2, 0.25) is 0 Å². The largest absolute Gasteiger partial charge is 0.466 e. The van der Waals surface area contributed by atoms with Gasteiger partial charge in [0.05, 0.1) is 6.61 Å². The van der Waals surface area contributed by atoms with Gasteiger partial charge in [-0.3, -0.25) is 4.79 Å². The Kier molecular flexibility index (Phi) is 5.35. The van der Waals surface area contributed by atoms with E-state index in [0.717, 1.165) is 18.4 Å². The molecule has 0 aromatic heterocycles. The molecule has 0 atom stereocenters. The summed E-state index contributed by atoms with van der Waals surface area (Å²) in [5.41, 5.74) is 8.07. The number of aryl methyl sites for hydroxylation is 1. The molecule has 0 radical (unpaired) electrons. The third-order valence-corrected chi connectivity index (χ3v) is 2.85. The van der Waals surface area contributed by atoms with Crippen LogP contribution in [0.15, 0.2) is 24.3 Å². The first-order valence-corrected chi connectivity index (χ1v) is 6.47. The quantitative estimate of drug-likeness (QED) is 0.789. The molecule has 1 aromatic carbocycles. The van der Waals surface area contributed by atoms with Gasteiger partial charge in [-0.05, 0) is 44.7 Å². The van der Waals surface area contributed by atoms with Crippen LogP contribution in [-0.2, 0) is 21.5 Å². The van der Waals surface area contributed by atoms with Crippen molar-refractivity contribution in [3.63, 3.8) is 0 Å². The molecule has 0 spiro atoms. The van der Waals surface area contributed by atoms with Crippen LogP contribution in [0.5, 0.6) is 0 Å². The summed E-state index contributed by atoms with van der Waals surface area (Å²) in [6, 6.07) is 8.27. The van der Waals surface area contributed by atoms with Gasteiger partial charge >= 0.3 is 5.97 Å². The fraction of sp³-hybridized carbons (Fsp3) is 0.533. The van der Waals surface area contributed by atoms with Crippen LogP contribution in [0, 0.1) is 0 Å². The summed E-state index contributed by atoms with van der Waals surface area (Å²) in [5.74, 6) is -0.114. The molecule has 0 amide bonds. The van der Waals surface area contributed by atoms with Gasteiger partial charge in [0.25, 0.3) is 0 Å². The van der Waals surface area contributed by atoms with Gasteiger partial charge < -0.3 is 10.5 Å². The number of hydrogen-bond donors (Lipinski definition) is 1. The van der Waals surface area contributed by atoms with E-state index >= 15 is 0 Å². The fourth-order valence-corrected chi connectivity index (χ4v) is 1.77. The number of carbonyl (C=O) groups is 1. The molecule has 0 unspecified atom stereocenters. The topological polar surface area (TPSA) is 52.3 Å². The Morgan fingerprint density at radius 3 is 2.39 bits per heavy atom. The van der Waals surface area contributed by atoms with Gasteiger partial charge in [-0.1, -0.05) is 24.3 Å². The number of rotatable bonds is 6. The number of ether oxygens (including phenoxy) is 1. The second kappa shape index (κ2) is 6.55. The first kappa shape index (κ1) is 14.7. The zero-order valence-electron chi connectivity index (χ0n) is 11.5. The van der Waals surface area contributed by atoms with Crippen LogP contribution in [0.3, 0.4) is 0 Å². The van der Waals surface area contributed by atoms with Crippen LogP contribution in [-0.4, -0.2) is 12.6 Å². The summed E-state index contributed by atoms with van der Waals surface area (Å²) >= 11 is 0. The SMILES string of the molecule is CCOC(=O)CCCc1ccc(C(C)(C)N)cc1. The van der Waals surface area contributed by atoms with Gasteiger partial charge in [-0.15, -0.1) is 0 Å². The van der Waals surface area contributed by atoms with Crippen molar-refractivity contribution < 1.29 is 9.53 Å². The third-order valence-electron chi connectivity index (χ3n) is 2.85. The maximum atomic E-state index is 11.2. The molecule has 3 nitrogen and oxygen atoms in total. The van der Waals surface area contributed by atoms with Crippen molar-refractivity contribution in [2.24, 2.45) is 5.73 Å². The average Bonchev–Trinajstić information content (AvgIpc) is 2.29. The standard InChI is InChI=1S/C15H23NO2/c1-4-18-14(17)7-5-6-12-8-10-13(11-9-12)15(2,3)16/h8-11H,4-7,16H2,1-3H3. The first-order valence-electron chi connectivity index (χ1n) is 6.47. The summed E-state index contributed by atoms with van der Waals surface area (Å²) in [7, 11) is 0. The Balaban J connectivity index is 2.42. The van der Waals surface area contributed by atoms with Gasteiger partial charge in [0.15, 0.2) is 0 Å². The number of nitrogens with two attached hydrogens (primary N) is 1. The highest BCUT2D eigenvalue weighted by molar-refractivity contribution is 5.69. The zero-order valence-corrected chi connectivity index (χ0v) is 11.5. The van der Waals surface area contributed by atoms with E-state index in [1.54, 1.807) is 0 Å². The minimum Gasteiger partial charge on any atom is -0.466 e. The van der Waals surface area contributed by atoms with Crippen molar-refractivity contribution in [2.45, 2.75) is 45.6 Å². The third kappa shape index (κ3) is 4.88. The summed E-state index contributed by atoms with van der Waals surface area (Å²) in [6.45, 7) is 6.26. The lowest BCUT2D eigenvalue weighted by atomic mass is 9.94. The molecule has 0 aliphatic carbocycles. The molecular formula is C15H23NO2. The fourth-order valence-electron chi connectivity index (χ4n) is 1.77. The van der Waals surface area contributed by atoms with Crippen molar-refractivity contribution in [2.75, 3.05) is 6.61 Å². The second-order valence-electron chi connectivity index (χ2n) is 5.08. The minimum atomic E-state index is -0.302. The highest BCUT2D eigenvalue weighted by atomic mass is 16.5. The van der Waals surface area contributed by atoms with Crippen LogP contribution >= 0.6 is 0 Å². The molecule has 0 bridgehead atoms. The van der Waals surface area contributed by atoms with E-state index in [9.17, 15) is 4.79 Å². The van der Waals surface area contributed by atoms with E-state index in [0.29, 0.717) is 13.0 Å². The number of carbonyl (C=O) groups excluding carboxylic acids is 1. The molecule has 0 saturated heterocycles. The van der Waals surface area contributed by atoms with Crippen LogP contribution in [0.4, 0.5) is 0 Å². The molecule has 3 heteroatoms. The molecular weight excluding hydrogens is 226 g/mol. The maximum Gasteiger partial charge on any atom is 0.305 e. The lowest BCUT2D eigenvalue weighted by Gasteiger charge is -2.19. The summed E-state index contributed by atoms with van der Waals surface area (Å²) in [5, 5.41) is 0. The van der Waals surface area contributed by atoms with E-state index < -0.39 is 0 Å². The van der Waals surface area contributed by atoms with Crippen LogP contribution in [0.25, 0.3) is 0 Å². The number of benzene rings is 1. The van der Waals surface area contributed by atoms with Crippen LogP contribution in [0.1, 0.15) is 44.7 Å². The summed E-state index contributed by atoms with van der Waals surface area (Å²) < 4.78 is 4.89. The molecule has 1 aromatic rings. The number of esters is 1. The van der Waals surface area contributed by atoms with Gasteiger partial charge in [0.2, 0.25) is 0 Å². The number of hydrogen-bond acceptors (Lipinski definition) is 3. The van der Waals surface area contributed by atoms with Crippen LogP contribution < -0.4 is 5.73 Å². The van der Waals surface area contributed by atoms with Gasteiger partial charge in [0, 0.05) is 12.0 Å². The maximum absolute atomic E-state index is 11.2. The molecule has 0 saturated carbocycles. The second-order valence-corrected chi connectivity index (χ2v) is 5.08. The molecule has 2 N–H and O–H groups in total. The van der Waals surface area contributed by atoms with Crippen molar-refractivity contribution in [1.29, 1.82) is 0 Å². The molecule has 0 fully saturated rings. The zero-order chi connectivity index (χ0) is 13.6. The van der Waals surface area contributed by atoms with Crippen molar-refractivity contribution >= 4 is 5.97 Å². The lowest BCUT2D eigenvalue weighted by molar-refractivity contribution is -0.143. The Morgan fingerprint density at radius 1 is 1.28 bits per heavy atom. The molecule has 18 heavy (non-hydrogen) atoms. The Hall–Kier alpha value is -1.35. The first-order chi connectivity index (χ1) is 8.43. The monoisotopic (exact) mass is 249 g/mol. The smallest absolute Gasteiger partial charge is 0.305 e. The Morgan fingerprint density at radius 2 is 1.89 bits per heavy atom. The van der Waals surface area contributed by atoms with Gasteiger partial charge in [-0.25, -0.2) is 0 Å². The highest BCUT2D eigenvalue weighted by Crippen LogP contribution is 2.17. The van der Waals surface area contributed by atoms with E-state index in [2.05, 4.69) is 24.3 Å². The normalized spacial score (nSPS) is 11.3. The van der Waals surface area contributed by atoms with Crippen molar-refractivity contribution in [3.8, 4) is 0 Å². The molecule has 100 valence electrons. The van der Waals surface area contributed by atoms with E-state index in [-0.39, 0.29) is 11.5 Å². The molecule has 1 rings (SSSR count). The van der Waals surface area contributed by atoms with E-state index in [1.807, 2.05) is 20.8 Å². The molecule has 0 aliphatic rings. The van der Waals surface area contributed by atoms with E-state index in [4.69, 9.17) is 10.5 Å². The lowest BCUT2D eigenvalue weighted by Crippen LogP contribution is -2.28. The summed E-state index contributed by atoms with van der Waals surface area (Å²) in [4.78, 5) is 11.2. The molecule has 0 aliphatic heterocycles.